The van der Waals surface area contributed by atoms with Gasteiger partial charge in [0.1, 0.15) is 5.65 Å². The number of imidazole rings is 1. The number of halogens is 6. The number of rotatable bonds is 6. The third-order valence-corrected chi connectivity index (χ3v) is 3.56. The van der Waals surface area contributed by atoms with Crippen molar-refractivity contribution in [3.8, 4) is 5.88 Å². The molecule has 0 atom stereocenters. The van der Waals surface area contributed by atoms with Gasteiger partial charge in [-0.1, -0.05) is 0 Å². The quantitative estimate of drug-likeness (QED) is 0.638. The van der Waals surface area contributed by atoms with Crippen molar-refractivity contribution < 1.29 is 35.9 Å². The van der Waals surface area contributed by atoms with Crippen molar-refractivity contribution in [3.05, 3.63) is 47.8 Å². The van der Waals surface area contributed by atoms with E-state index in [1.807, 2.05) is 0 Å². The fourth-order valence-electron chi connectivity index (χ4n) is 2.46. The topological polar surface area (TPSA) is 73.5 Å². The Balaban J connectivity index is 1.71. The number of amides is 1. The third kappa shape index (κ3) is 4.35. The van der Waals surface area contributed by atoms with Crippen LogP contribution < -0.4 is 10.1 Å². The van der Waals surface area contributed by atoms with E-state index in [1.54, 1.807) is 0 Å². The lowest BCUT2D eigenvalue weighted by molar-refractivity contribution is -0.277. The second kappa shape index (κ2) is 7.40. The molecular weight excluding hydrogens is 396 g/mol. The predicted octanol–water partition coefficient (Wildman–Crippen LogP) is 2.76. The molecule has 0 aliphatic carbocycles. The van der Waals surface area contributed by atoms with Crippen molar-refractivity contribution in [2.45, 2.75) is 25.9 Å². The molecule has 0 fully saturated rings. The average molecular weight is 407 g/mol. The molecule has 0 radical (unpaired) electrons. The highest BCUT2D eigenvalue weighted by atomic mass is 19.4. The smallest absolute Gasteiger partial charge is 0.385 e. The molecule has 0 saturated carbocycles. The maximum Gasteiger partial charge on any atom is 0.574 e. The van der Waals surface area contributed by atoms with Gasteiger partial charge in [-0.05, 0) is 6.07 Å². The number of alkyl halides is 5. The molecule has 3 rings (SSSR count). The minimum absolute atomic E-state index is 0.141. The summed E-state index contributed by atoms with van der Waals surface area (Å²) < 4.78 is 81.2. The zero-order chi connectivity index (χ0) is 20.5. The maximum absolute atomic E-state index is 13.6. The monoisotopic (exact) mass is 407 g/mol. The van der Waals surface area contributed by atoms with E-state index in [0.29, 0.717) is 23.5 Å². The van der Waals surface area contributed by atoms with Gasteiger partial charge in [-0.25, -0.2) is 22.7 Å². The maximum atomic E-state index is 13.6. The molecule has 150 valence electrons. The van der Waals surface area contributed by atoms with Crippen LogP contribution >= 0.6 is 0 Å². The number of fused-ring (bicyclic) bond motifs is 1. The summed E-state index contributed by atoms with van der Waals surface area (Å²) in [5.41, 5.74) is 0.390. The number of nitrogens with one attached hydrogen (secondary N) is 1. The highest BCUT2D eigenvalue weighted by Gasteiger charge is 2.33. The summed E-state index contributed by atoms with van der Waals surface area (Å²) in [5.74, 6) is -3.62. The van der Waals surface area contributed by atoms with Crippen molar-refractivity contribution in [1.29, 1.82) is 0 Å². The first-order valence-corrected chi connectivity index (χ1v) is 7.63. The number of pyridine rings is 1. The summed E-state index contributed by atoms with van der Waals surface area (Å²) in [7, 11) is 0. The lowest BCUT2D eigenvalue weighted by Crippen LogP contribution is -2.24. The first-order chi connectivity index (χ1) is 13.1. The molecule has 3 heterocycles. The van der Waals surface area contributed by atoms with E-state index < -0.39 is 36.9 Å². The second-order valence-corrected chi connectivity index (χ2v) is 5.52. The normalized spacial score (nSPS) is 12.0. The van der Waals surface area contributed by atoms with E-state index in [-0.39, 0.29) is 12.1 Å². The van der Waals surface area contributed by atoms with Crippen LogP contribution in [0, 0.1) is 5.82 Å². The van der Waals surface area contributed by atoms with E-state index in [1.165, 1.54) is 27.7 Å². The summed E-state index contributed by atoms with van der Waals surface area (Å²) in [5, 5.41) is 6.36. The molecule has 0 unspecified atom stereocenters. The minimum Gasteiger partial charge on any atom is -0.385 e. The van der Waals surface area contributed by atoms with Gasteiger partial charge in [0.05, 0.1) is 18.3 Å². The van der Waals surface area contributed by atoms with Crippen molar-refractivity contribution in [1.82, 2.24) is 24.5 Å². The highest BCUT2D eigenvalue weighted by molar-refractivity contribution is 5.94. The summed E-state index contributed by atoms with van der Waals surface area (Å²) in [4.78, 5) is 15.2. The van der Waals surface area contributed by atoms with Crippen LogP contribution in [0.5, 0.6) is 5.88 Å². The minimum atomic E-state index is -5.13. The summed E-state index contributed by atoms with van der Waals surface area (Å²) in [6.07, 6.45) is -2.79. The molecule has 1 amide bonds. The number of hydrogen-bond donors (Lipinski definition) is 1. The van der Waals surface area contributed by atoms with Gasteiger partial charge in [0.15, 0.2) is 5.82 Å². The van der Waals surface area contributed by atoms with E-state index in [2.05, 4.69) is 20.1 Å². The molecule has 13 heteroatoms. The Labute approximate surface area is 152 Å². The fraction of sp³-hybridized carbons (Fsp3) is 0.267. The summed E-state index contributed by atoms with van der Waals surface area (Å²) >= 11 is 0. The molecule has 0 bridgehead atoms. The molecule has 3 aromatic heterocycles. The Morgan fingerprint density at radius 2 is 2.00 bits per heavy atom. The molecule has 0 spiro atoms. The van der Waals surface area contributed by atoms with Gasteiger partial charge in [0.2, 0.25) is 0 Å². The molecule has 1 N–H and O–H groups in total. The molecule has 0 aliphatic heterocycles. The van der Waals surface area contributed by atoms with Crippen LogP contribution in [-0.2, 0) is 13.1 Å². The Hall–Kier alpha value is -3.25. The number of carbonyl (C=O) groups excluding carboxylic acids is 1. The lowest BCUT2D eigenvalue weighted by atomic mass is 10.2. The van der Waals surface area contributed by atoms with Crippen molar-refractivity contribution in [2.75, 3.05) is 0 Å². The van der Waals surface area contributed by atoms with Crippen LogP contribution in [0.2, 0.25) is 0 Å². The van der Waals surface area contributed by atoms with Crippen LogP contribution in [0.1, 0.15) is 15.9 Å². The summed E-state index contributed by atoms with van der Waals surface area (Å²) in [6.45, 7) is -0.711. The first-order valence-electron chi connectivity index (χ1n) is 7.63. The molecule has 7 nitrogen and oxygen atoms in total. The van der Waals surface area contributed by atoms with Crippen molar-refractivity contribution in [3.63, 3.8) is 0 Å². The van der Waals surface area contributed by atoms with E-state index in [9.17, 15) is 31.1 Å². The van der Waals surface area contributed by atoms with E-state index in [0.717, 1.165) is 0 Å². The third-order valence-electron chi connectivity index (χ3n) is 3.56. The lowest BCUT2D eigenvalue weighted by Gasteiger charge is -2.10. The van der Waals surface area contributed by atoms with Gasteiger partial charge in [0, 0.05) is 30.7 Å². The molecule has 0 aliphatic rings. The van der Waals surface area contributed by atoms with Crippen LogP contribution in [0.15, 0.2) is 30.9 Å². The Morgan fingerprint density at radius 1 is 1.25 bits per heavy atom. The van der Waals surface area contributed by atoms with Crippen molar-refractivity contribution in [2.24, 2.45) is 0 Å². The molecule has 0 saturated heterocycles. The van der Waals surface area contributed by atoms with Crippen LogP contribution in [-0.4, -0.2) is 37.9 Å². The SMILES string of the molecule is O=C(NCc1cnn2ccn(CC(F)F)c12)c1cnc(OC(F)(F)F)c(F)c1. The van der Waals surface area contributed by atoms with Crippen LogP contribution in [0.4, 0.5) is 26.3 Å². The number of nitrogens with zero attached hydrogens (tertiary/aromatic N) is 4. The Bertz CT molecular complexity index is 997. The number of carbonyl (C=O) groups is 1. The van der Waals surface area contributed by atoms with E-state index >= 15 is 0 Å². The van der Waals surface area contributed by atoms with Crippen LogP contribution in [0.3, 0.4) is 0 Å². The standard InChI is InChI=1S/C15H11F6N5O2/c16-10-3-8(4-23-13(10)28-15(19,20)21)12(27)22-5-9-6-24-26-2-1-25(14(9)26)7-11(17)18/h1-4,6,11H,5,7H2,(H,22,27). The summed E-state index contributed by atoms with van der Waals surface area (Å²) in [6, 6.07) is 0.538. The number of hydrogen-bond acceptors (Lipinski definition) is 4. The number of aromatic nitrogens is 4. The fourth-order valence-corrected chi connectivity index (χ4v) is 2.46. The highest BCUT2D eigenvalue weighted by Crippen LogP contribution is 2.23. The average Bonchev–Trinajstić information content (AvgIpc) is 3.16. The molecule has 3 aromatic rings. The largest absolute Gasteiger partial charge is 0.574 e. The molecule has 0 aromatic carbocycles. The van der Waals surface area contributed by atoms with Crippen molar-refractivity contribution >= 4 is 11.6 Å². The van der Waals surface area contributed by atoms with Gasteiger partial charge in [-0.2, -0.15) is 5.10 Å². The Kier molecular flexibility index (Phi) is 5.16. The molecular formula is C15H11F6N5O2. The number of ether oxygens (including phenoxy) is 1. The second-order valence-electron chi connectivity index (χ2n) is 5.52. The van der Waals surface area contributed by atoms with Gasteiger partial charge >= 0.3 is 6.36 Å². The molecule has 28 heavy (non-hydrogen) atoms. The van der Waals surface area contributed by atoms with Gasteiger partial charge in [0.25, 0.3) is 18.2 Å². The van der Waals surface area contributed by atoms with Gasteiger partial charge in [-0.15, -0.1) is 13.2 Å². The first kappa shape index (κ1) is 19.5. The van der Waals surface area contributed by atoms with Crippen LogP contribution in [0.25, 0.3) is 5.65 Å². The Morgan fingerprint density at radius 3 is 2.64 bits per heavy atom. The zero-order valence-electron chi connectivity index (χ0n) is 13.8. The van der Waals surface area contributed by atoms with Gasteiger partial charge in [-0.3, -0.25) is 4.79 Å². The van der Waals surface area contributed by atoms with Gasteiger partial charge < -0.3 is 14.6 Å². The predicted molar refractivity (Wildman–Crippen MR) is 81.2 cm³/mol. The zero-order valence-corrected chi connectivity index (χ0v) is 13.8. The van der Waals surface area contributed by atoms with E-state index in [4.69, 9.17) is 0 Å².